The highest BCUT2D eigenvalue weighted by molar-refractivity contribution is 6.32. The van der Waals surface area contributed by atoms with Crippen LogP contribution in [0, 0.1) is 60.3 Å². The molecule has 4 unspecified atom stereocenters. The number of para-hydroxylation sites is 1. The lowest BCUT2D eigenvalue weighted by molar-refractivity contribution is -0.384. The van der Waals surface area contributed by atoms with Crippen LogP contribution >= 0.6 is 11.6 Å². The maximum Gasteiger partial charge on any atom is 0.288 e. The minimum absolute atomic E-state index is 0.0711. The first kappa shape index (κ1) is 23.0. The highest BCUT2D eigenvalue weighted by atomic mass is 35.5. The maximum atomic E-state index is 11.5. The molecular formula is C23H16ClN5O5. The van der Waals surface area contributed by atoms with Gasteiger partial charge in [-0.1, -0.05) is 35.9 Å². The molecule has 2 heterocycles. The second kappa shape index (κ2) is 7.71. The van der Waals surface area contributed by atoms with Crippen LogP contribution in [0.5, 0.6) is 5.75 Å². The lowest BCUT2D eigenvalue weighted by atomic mass is 9.52. The van der Waals surface area contributed by atoms with Crippen LogP contribution in [0.25, 0.3) is 0 Å². The van der Waals surface area contributed by atoms with E-state index in [0.717, 1.165) is 6.07 Å². The van der Waals surface area contributed by atoms with E-state index in [-0.39, 0.29) is 10.6 Å². The molecule has 2 aliphatic heterocycles. The van der Waals surface area contributed by atoms with E-state index < -0.39 is 45.1 Å². The Balaban J connectivity index is 2.05. The predicted molar refractivity (Wildman–Crippen MR) is 117 cm³/mol. The van der Waals surface area contributed by atoms with Crippen molar-refractivity contribution in [1.29, 1.82) is 21.2 Å². The number of ether oxygens (including phenoxy) is 3. The van der Waals surface area contributed by atoms with Crippen molar-refractivity contribution in [1.82, 2.24) is 0 Å². The van der Waals surface area contributed by atoms with Gasteiger partial charge in [0.2, 0.25) is 17.1 Å². The number of halogens is 1. The molecular weight excluding hydrogens is 462 g/mol. The lowest BCUT2D eigenvalue weighted by Crippen LogP contribution is -2.57. The molecule has 0 aromatic heterocycles. The first-order valence-corrected chi connectivity index (χ1v) is 10.3. The van der Waals surface area contributed by atoms with Crippen LogP contribution < -0.4 is 4.74 Å². The van der Waals surface area contributed by atoms with E-state index in [1.54, 1.807) is 24.3 Å². The summed E-state index contributed by atoms with van der Waals surface area (Å²) in [5, 5.41) is 51.2. The Hall–Kier alpha value is -4.17. The number of hydrogen-bond donors (Lipinski definition) is 1. The van der Waals surface area contributed by atoms with Crippen molar-refractivity contribution in [3.8, 4) is 24.0 Å². The topological polar surface area (TPSA) is 166 Å². The summed E-state index contributed by atoms with van der Waals surface area (Å²) in [6.45, 7) is 1.49. The average Bonchev–Trinajstić information content (AvgIpc) is 3.01. The van der Waals surface area contributed by atoms with Crippen molar-refractivity contribution in [3.05, 3.63) is 68.7 Å². The average molecular weight is 478 g/mol. The third-order valence-electron chi connectivity index (χ3n) is 6.44. The molecule has 2 fully saturated rings. The van der Waals surface area contributed by atoms with Crippen molar-refractivity contribution >= 4 is 23.2 Å². The second-order valence-corrected chi connectivity index (χ2v) is 8.45. The molecule has 0 spiro atoms. The van der Waals surface area contributed by atoms with Crippen molar-refractivity contribution in [2.24, 2.45) is 10.8 Å². The van der Waals surface area contributed by atoms with E-state index in [9.17, 15) is 25.9 Å². The molecule has 0 saturated carbocycles. The van der Waals surface area contributed by atoms with E-state index in [1.807, 2.05) is 18.2 Å². The molecule has 2 bridgehead atoms. The van der Waals surface area contributed by atoms with Crippen LogP contribution in [0.15, 0.2) is 42.5 Å². The van der Waals surface area contributed by atoms with Gasteiger partial charge >= 0.3 is 0 Å². The number of nitrogens with one attached hydrogen (secondary N) is 1. The molecule has 0 radical (unpaired) electrons. The summed E-state index contributed by atoms with van der Waals surface area (Å²) >= 11 is 5.94. The lowest BCUT2D eigenvalue weighted by Gasteiger charge is -2.49. The van der Waals surface area contributed by atoms with Crippen molar-refractivity contribution in [3.63, 3.8) is 0 Å². The molecule has 2 saturated heterocycles. The van der Waals surface area contributed by atoms with Gasteiger partial charge in [-0.2, -0.15) is 15.8 Å². The summed E-state index contributed by atoms with van der Waals surface area (Å²) in [7, 11) is 1.43. The smallest absolute Gasteiger partial charge is 0.288 e. The molecule has 4 atom stereocenters. The van der Waals surface area contributed by atoms with Gasteiger partial charge in [0.1, 0.15) is 16.9 Å². The largest absolute Gasteiger partial charge is 0.496 e. The number of nitro groups is 1. The molecule has 1 N–H and O–H groups in total. The van der Waals surface area contributed by atoms with Crippen molar-refractivity contribution in [2.75, 3.05) is 7.11 Å². The molecule has 10 nitrogen and oxygen atoms in total. The van der Waals surface area contributed by atoms with Crippen LogP contribution in [0.2, 0.25) is 5.02 Å². The number of nitriles is 3. The Morgan fingerprint density at radius 1 is 1.18 bits per heavy atom. The van der Waals surface area contributed by atoms with Crippen molar-refractivity contribution < 1.29 is 19.1 Å². The Bertz CT molecular complexity index is 1340. The van der Waals surface area contributed by atoms with Gasteiger partial charge in [-0.25, -0.2) is 0 Å². The van der Waals surface area contributed by atoms with Crippen molar-refractivity contribution in [2.45, 2.75) is 24.7 Å². The zero-order valence-corrected chi connectivity index (χ0v) is 18.7. The standard InChI is InChI=1S/C23H16ClN5O5/c1-21-18(14-5-3-4-6-17(14)32-2)23(12-27,20(28)34-21)22(10-25,11-26)19(33-21)13-7-8-15(24)16(9-13)29(30)31/h3-9,18-19,28H,1-2H3. The van der Waals surface area contributed by atoms with Gasteiger partial charge in [-0.05, 0) is 17.7 Å². The molecule has 11 heteroatoms. The third-order valence-corrected chi connectivity index (χ3v) is 6.76. The number of nitro benzene ring substituents is 1. The monoisotopic (exact) mass is 477 g/mol. The number of hydrogen-bond acceptors (Lipinski definition) is 9. The van der Waals surface area contributed by atoms with Crippen LogP contribution in [-0.4, -0.2) is 23.7 Å². The normalized spacial score (nSPS) is 28.6. The number of nitrogens with zero attached hydrogens (tertiary/aromatic N) is 4. The summed E-state index contributed by atoms with van der Waals surface area (Å²) in [6, 6.07) is 16.3. The zero-order valence-electron chi connectivity index (χ0n) is 17.9. The number of rotatable bonds is 4. The minimum atomic E-state index is -2.32. The zero-order chi connectivity index (χ0) is 24.9. The van der Waals surface area contributed by atoms with Crippen LogP contribution in [0.3, 0.4) is 0 Å². The summed E-state index contributed by atoms with van der Waals surface area (Å²) in [4.78, 5) is 10.8. The number of methoxy groups -OCH3 is 1. The Morgan fingerprint density at radius 2 is 1.85 bits per heavy atom. The van der Waals surface area contributed by atoms with Gasteiger partial charge < -0.3 is 14.2 Å². The Morgan fingerprint density at radius 3 is 2.44 bits per heavy atom. The minimum Gasteiger partial charge on any atom is -0.496 e. The van der Waals surface area contributed by atoms with E-state index in [0.29, 0.717) is 11.3 Å². The summed E-state index contributed by atoms with van der Waals surface area (Å²) in [5.41, 5.74) is -4.42. The fourth-order valence-electron chi connectivity index (χ4n) is 4.99. The Labute approximate surface area is 199 Å². The Kier molecular flexibility index (Phi) is 5.21. The molecule has 34 heavy (non-hydrogen) atoms. The van der Waals surface area contributed by atoms with Gasteiger partial charge in [-0.15, -0.1) is 0 Å². The van der Waals surface area contributed by atoms with E-state index in [2.05, 4.69) is 0 Å². The van der Waals surface area contributed by atoms with E-state index >= 15 is 0 Å². The second-order valence-electron chi connectivity index (χ2n) is 8.04. The van der Waals surface area contributed by atoms with Gasteiger partial charge in [0.15, 0.2) is 5.41 Å². The van der Waals surface area contributed by atoms with E-state index in [1.165, 1.54) is 26.2 Å². The van der Waals surface area contributed by atoms with Gasteiger partial charge in [0.25, 0.3) is 5.69 Å². The molecule has 170 valence electrons. The molecule has 0 aliphatic carbocycles. The molecule has 2 aliphatic rings. The quantitative estimate of drug-likeness (QED) is 0.500. The predicted octanol–water partition coefficient (Wildman–Crippen LogP) is 4.38. The summed E-state index contributed by atoms with van der Waals surface area (Å²) in [5.74, 6) is -3.04. The fraction of sp³-hybridized carbons (Fsp3) is 0.304. The van der Waals surface area contributed by atoms with Crippen LogP contribution in [0.1, 0.15) is 30.1 Å². The van der Waals surface area contributed by atoms with Crippen LogP contribution in [0.4, 0.5) is 5.69 Å². The first-order chi connectivity index (χ1) is 16.2. The van der Waals surface area contributed by atoms with Gasteiger partial charge in [0, 0.05) is 18.6 Å². The van der Waals surface area contributed by atoms with Gasteiger partial charge in [-0.3, -0.25) is 15.5 Å². The molecule has 2 aromatic rings. The molecule has 2 aromatic carbocycles. The fourth-order valence-corrected chi connectivity index (χ4v) is 5.17. The number of fused-ring (bicyclic) bond motifs is 2. The number of benzene rings is 2. The van der Waals surface area contributed by atoms with E-state index in [4.69, 9.17) is 31.2 Å². The van der Waals surface area contributed by atoms with Gasteiger partial charge in [0.05, 0.1) is 36.2 Å². The molecule has 0 amide bonds. The molecule has 4 rings (SSSR count). The summed E-state index contributed by atoms with van der Waals surface area (Å²) in [6.07, 6.45) is -1.48. The highest BCUT2D eigenvalue weighted by Crippen LogP contribution is 2.70. The van der Waals surface area contributed by atoms with Crippen LogP contribution in [-0.2, 0) is 9.47 Å². The summed E-state index contributed by atoms with van der Waals surface area (Å²) < 4.78 is 17.4. The highest BCUT2D eigenvalue weighted by Gasteiger charge is 2.80. The third kappa shape index (κ3) is 2.72. The SMILES string of the molecule is COc1ccccc1C1C2(C)OC(=N)C1(C#N)C(C#N)(C#N)C(c1ccc(Cl)c([N+](=O)[O-])c1)O2. The maximum absolute atomic E-state index is 11.5. The first-order valence-electron chi connectivity index (χ1n) is 9.92.